The molecule has 0 amide bonds. The topological polar surface area (TPSA) is 47.0 Å². The predicted octanol–water partition coefficient (Wildman–Crippen LogP) is 5.54. The molecule has 2 aromatic rings. The van der Waals surface area contributed by atoms with E-state index in [-0.39, 0.29) is 23.2 Å². The fourth-order valence-corrected chi connectivity index (χ4v) is 3.90. The zero-order chi connectivity index (χ0) is 21.0. The standard InChI is InChI=1S/C21H22F3N3OS/c1-4-29-12-13-7-15(23)10-21(2,9-13)27-20-25-11-17(24)19(26-20)16-6-5-14(22)8-18(16)28-3/h5-8,10-11H,4,9,12H2,1-3H3,(H,25,26,27). The minimum atomic E-state index is -0.759. The van der Waals surface area contributed by atoms with Crippen LogP contribution in [0.5, 0.6) is 5.75 Å². The van der Waals surface area contributed by atoms with Crippen LogP contribution in [0.3, 0.4) is 0 Å². The average molecular weight is 421 g/mol. The van der Waals surface area contributed by atoms with Gasteiger partial charge >= 0.3 is 0 Å². The van der Waals surface area contributed by atoms with Crippen molar-refractivity contribution in [2.45, 2.75) is 25.8 Å². The number of nitrogens with one attached hydrogen (secondary N) is 1. The number of thioether (sulfide) groups is 1. The van der Waals surface area contributed by atoms with Gasteiger partial charge in [0.1, 0.15) is 23.1 Å². The number of anilines is 1. The Labute approximate surface area is 172 Å². The molecule has 1 aromatic carbocycles. The lowest BCUT2D eigenvalue weighted by Crippen LogP contribution is -2.36. The van der Waals surface area contributed by atoms with Gasteiger partial charge in [0, 0.05) is 17.4 Å². The molecule has 1 unspecified atom stereocenters. The molecule has 154 valence electrons. The number of allylic oxidation sites excluding steroid dienone is 2. The molecule has 1 N–H and O–H groups in total. The zero-order valence-corrected chi connectivity index (χ0v) is 17.2. The smallest absolute Gasteiger partial charge is 0.224 e. The molecule has 0 aliphatic heterocycles. The fraction of sp³-hybridized carbons (Fsp3) is 0.333. The monoisotopic (exact) mass is 421 g/mol. The molecule has 0 spiro atoms. The van der Waals surface area contributed by atoms with E-state index in [4.69, 9.17) is 4.74 Å². The van der Waals surface area contributed by atoms with E-state index in [9.17, 15) is 13.2 Å². The number of hydrogen-bond donors (Lipinski definition) is 1. The van der Waals surface area contributed by atoms with Gasteiger partial charge in [-0.1, -0.05) is 12.5 Å². The Bertz CT molecular complexity index is 964. The molecule has 1 atom stereocenters. The van der Waals surface area contributed by atoms with Gasteiger partial charge in [0.25, 0.3) is 0 Å². The van der Waals surface area contributed by atoms with E-state index >= 15 is 0 Å². The van der Waals surface area contributed by atoms with Crippen molar-refractivity contribution in [3.05, 3.63) is 59.6 Å². The van der Waals surface area contributed by atoms with Crippen molar-refractivity contribution in [1.82, 2.24) is 9.97 Å². The molecule has 3 rings (SSSR count). The highest BCUT2D eigenvalue weighted by atomic mass is 32.2. The van der Waals surface area contributed by atoms with Gasteiger partial charge in [-0.25, -0.2) is 23.1 Å². The van der Waals surface area contributed by atoms with Crippen molar-refractivity contribution < 1.29 is 17.9 Å². The second-order valence-corrected chi connectivity index (χ2v) is 8.20. The lowest BCUT2D eigenvalue weighted by atomic mass is 9.88. The largest absolute Gasteiger partial charge is 0.496 e. The highest BCUT2D eigenvalue weighted by Crippen LogP contribution is 2.34. The molecule has 0 saturated heterocycles. The summed E-state index contributed by atoms with van der Waals surface area (Å²) in [4.78, 5) is 8.26. The Balaban J connectivity index is 1.90. The van der Waals surface area contributed by atoms with Crippen LogP contribution in [0.2, 0.25) is 0 Å². The van der Waals surface area contributed by atoms with E-state index in [2.05, 4.69) is 22.2 Å². The van der Waals surface area contributed by atoms with Crippen LogP contribution >= 0.6 is 11.8 Å². The number of methoxy groups -OCH3 is 1. The van der Waals surface area contributed by atoms with Gasteiger partial charge in [0.2, 0.25) is 5.95 Å². The molecule has 8 heteroatoms. The summed E-state index contributed by atoms with van der Waals surface area (Å²) in [7, 11) is 1.37. The predicted molar refractivity (Wildman–Crippen MR) is 111 cm³/mol. The molecule has 0 bridgehead atoms. The van der Waals surface area contributed by atoms with Crippen molar-refractivity contribution in [2.75, 3.05) is 23.9 Å². The SMILES string of the molecule is CCSCC1=CC(F)=CC(C)(Nc2ncc(F)c(-c3ccc(F)cc3OC)n2)C1. The minimum absolute atomic E-state index is 0.0273. The third-order valence-corrected chi connectivity index (χ3v) is 5.43. The van der Waals surface area contributed by atoms with Crippen LogP contribution in [-0.4, -0.2) is 34.1 Å². The fourth-order valence-electron chi connectivity index (χ4n) is 3.25. The Morgan fingerprint density at radius 3 is 2.79 bits per heavy atom. The van der Waals surface area contributed by atoms with Crippen LogP contribution < -0.4 is 10.1 Å². The highest BCUT2D eigenvalue weighted by Gasteiger charge is 2.29. The Hall–Kier alpha value is -2.48. The molecule has 0 saturated carbocycles. The third-order valence-electron chi connectivity index (χ3n) is 4.44. The van der Waals surface area contributed by atoms with Gasteiger partial charge < -0.3 is 10.1 Å². The number of halogens is 3. The number of aromatic nitrogens is 2. The highest BCUT2D eigenvalue weighted by molar-refractivity contribution is 7.99. The van der Waals surface area contributed by atoms with Crippen molar-refractivity contribution in [2.24, 2.45) is 0 Å². The number of rotatable bonds is 7. The number of ether oxygens (including phenoxy) is 1. The van der Waals surface area contributed by atoms with E-state index in [0.29, 0.717) is 12.0 Å². The van der Waals surface area contributed by atoms with E-state index in [0.717, 1.165) is 29.3 Å². The van der Waals surface area contributed by atoms with Gasteiger partial charge in [-0.3, -0.25) is 0 Å². The summed E-state index contributed by atoms with van der Waals surface area (Å²) >= 11 is 1.72. The normalized spacial score (nSPS) is 18.8. The van der Waals surface area contributed by atoms with Crippen LogP contribution in [0.1, 0.15) is 20.3 Å². The molecular formula is C21H22F3N3OS. The van der Waals surface area contributed by atoms with E-state index in [1.165, 1.54) is 25.3 Å². The Morgan fingerprint density at radius 2 is 2.07 bits per heavy atom. The second kappa shape index (κ2) is 8.90. The van der Waals surface area contributed by atoms with Crippen LogP contribution in [0.4, 0.5) is 19.1 Å². The molecular weight excluding hydrogens is 399 g/mol. The Kier molecular flexibility index (Phi) is 6.52. The van der Waals surface area contributed by atoms with E-state index < -0.39 is 17.2 Å². The summed E-state index contributed by atoms with van der Waals surface area (Å²) < 4.78 is 47.2. The van der Waals surface area contributed by atoms with E-state index in [1.54, 1.807) is 17.8 Å². The van der Waals surface area contributed by atoms with Gasteiger partial charge in [-0.05, 0) is 43.4 Å². The third kappa shape index (κ3) is 5.12. The van der Waals surface area contributed by atoms with Gasteiger partial charge in [0.05, 0.1) is 18.8 Å². The van der Waals surface area contributed by atoms with Crippen LogP contribution in [0.25, 0.3) is 11.3 Å². The van der Waals surface area contributed by atoms with Crippen LogP contribution in [0.15, 0.2) is 47.9 Å². The van der Waals surface area contributed by atoms with Crippen molar-refractivity contribution in [1.29, 1.82) is 0 Å². The first-order valence-electron chi connectivity index (χ1n) is 9.13. The summed E-state index contributed by atoms with van der Waals surface area (Å²) in [5, 5.41) is 3.11. The molecule has 0 radical (unpaired) electrons. The lowest BCUT2D eigenvalue weighted by molar-refractivity contribution is 0.412. The van der Waals surface area contributed by atoms with Gasteiger partial charge in [0.15, 0.2) is 5.82 Å². The average Bonchev–Trinajstić information content (AvgIpc) is 2.67. The maximum atomic E-state index is 14.4. The molecule has 1 heterocycles. The second-order valence-electron chi connectivity index (χ2n) is 6.92. The van der Waals surface area contributed by atoms with Crippen LogP contribution in [-0.2, 0) is 0 Å². The Morgan fingerprint density at radius 1 is 1.28 bits per heavy atom. The van der Waals surface area contributed by atoms with Crippen molar-refractivity contribution in [3.63, 3.8) is 0 Å². The van der Waals surface area contributed by atoms with E-state index in [1.807, 2.05) is 6.92 Å². The lowest BCUT2D eigenvalue weighted by Gasteiger charge is -2.31. The van der Waals surface area contributed by atoms with Crippen molar-refractivity contribution >= 4 is 17.7 Å². The quantitative estimate of drug-likeness (QED) is 0.636. The first-order chi connectivity index (χ1) is 13.8. The van der Waals surface area contributed by atoms with Crippen molar-refractivity contribution in [3.8, 4) is 17.0 Å². The first-order valence-corrected chi connectivity index (χ1v) is 10.3. The summed E-state index contributed by atoms with van der Waals surface area (Å²) in [5.41, 5.74) is 0.479. The maximum absolute atomic E-state index is 14.4. The summed E-state index contributed by atoms with van der Waals surface area (Å²) in [6.07, 6.45) is 4.62. The van der Waals surface area contributed by atoms with Gasteiger partial charge in [-0.15, -0.1) is 0 Å². The minimum Gasteiger partial charge on any atom is -0.496 e. The molecule has 1 aliphatic carbocycles. The summed E-state index contributed by atoms with van der Waals surface area (Å²) in [6.45, 7) is 3.89. The van der Waals surface area contributed by atoms with Crippen LogP contribution in [0, 0.1) is 11.6 Å². The summed E-state index contributed by atoms with van der Waals surface area (Å²) in [5.74, 6) is 0.469. The molecule has 29 heavy (non-hydrogen) atoms. The number of nitrogens with zero attached hydrogens (tertiary/aromatic N) is 2. The van der Waals surface area contributed by atoms with Gasteiger partial charge in [-0.2, -0.15) is 11.8 Å². The summed E-state index contributed by atoms with van der Waals surface area (Å²) in [6, 6.07) is 3.76. The maximum Gasteiger partial charge on any atom is 0.224 e. The first kappa shape index (κ1) is 21.2. The number of benzene rings is 1. The molecule has 0 fully saturated rings. The number of hydrogen-bond acceptors (Lipinski definition) is 5. The molecule has 1 aliphatic rings. The molecule has 4 nitrogen and oxygen atoms in total. The zero-order valence-electron chi connectivity index (χ0n) is 16.4. The molecule has 1 aromatic heterocycles.